The molecule has 4 heteroatoms. The third-order valence-corrected chi connectivity index (χ3v) is 7.31. The molecule has 0 saturated heterocycles. The van der Waals surface area contributed by atoms with Crippen LogP contribution in [0.2, 0.25) is 0 Å². The summed E-state index contributed by atoms with van der Waals surface area (Å²) >= 11 is 0. The number of aliphatic imine (C=N–C) groups is 1. The molecule has 0 saturated carbocycles. The van der Waals surface area contributed by atoms with Crippen molar-refractivity contribution < 1.29 is 0 Å². The molecule has 2 aliphatic rings. The van der Waals surface area contributed by atoms with Crippen LogP contribution in [0.25, 0.3) is 28.0 Å². The van der Waals surface area contributed by atoms with Crippen LogP contribution < -0.4 is 4.90 Å². The molecule has 3 aromatic carbocycles. The number of rotatable bonds is 6. The van der Waals surface area contributed by atoms with Gasteiger partial charge in [0.15, 0.2) is 0 Å². The largest absolute Gasteiger partial charge is 0.354 e. The van der Waals surface area contributed by atoms with Gasteiger partial charge in [0.2, 0.25) is 0 Å². The SMILES string of the molecule is C=N/C=C\C(=C/C)c1cccc(/C(C)=C/C=N)c1C1=CN(C)C2c3c(C)cccc3-c3ccccc3N12. The molecule has 0 bridgehead atoms. The lowest BCUT2D eigenvalue weighted by Gasteiger charge is -2.40. The average molecular weight is 485 g/mol. The van der Waals surface area contributed by atoms with E-state index in [1.165, 1.54) is 34.2 Å². The van der Waals surface area contributed by atoms with Crippen LogP contribution in [0.3, 0.4) is 0 Å². The number of anilines is 1. The second kappa shape index (κ2) is 9.90. The van der Waals surface area contributed by atoms with E-state index in [0.717, 1.165) is 33.5 Å². The molecule has 4 nitrogen and oxygen atoms in total. The number of hydrogen-bond acceptors (Lipinski definition) is 4. The van der Waals surface area contributed by atoms with E-state index in [-0.39, 0.29) is 6.17 Å². The van der Waals surface area contributed by atoms with E-state index in [4.69, 9.17) is 5.41 Å². The van der Waals surface area contributed by atoms with E-state index in [1.54, 1.807) is 6.20 Å². The quantitative estimate of drug-likeness (QED) is 0.284. The fraction of sp³-hybridized carbons (Fsp3) is 0.152. The van der Waals surface area contributed by atoms with Crippen LogP contribution in [0.5, 0.6) is 0 Å². The monoisotopic (exact) mass is 484 g/mol. The van der Waals surface area contributed by atoms with Crippen molar-refractivity contribution in [1.29, 1.82) is 5.41 Å². The summed E-state index contributed by atoms with van der Waals surface area (Å²) in [4.78, 5) is 8.76. The van der Waals surface area contributed by atoms with Gasteiger partial charge in [0.1, 0.15) is 6.17 Å². The van der Waals surface area contributed by atoms with Crippen molar-refractivity contribution >= 4 is 35.5 Å². The van der Waals surface area contributed by atoms with Crippen molar-refractivity contribution in [3.63, 3.8) is 0 Å². The highest BCUT2D eigenvalue weighted by Crippen LogP contribution is 2.54. The van der Waals surface area contributed by atoms with Crippen LogP contribution in [0.1, 0.15) is 47.8 Å². The van der Waals surface area contributed by atoms with E-state index in [2.05, 4.69) is 115 Å². The molecular formula is C33H32N4. The minimum Gasteiger partial charge on any atom is -0.354 e. The summed E-state index contributed by atoms with van der Waals surface area (Å²) in [7, 11) is 2.16. The minimum atomic E-state index is 0.0495. The van der Waals surface area contributed by atoms with Gasteiger partial charge in [-0.2, -0.15) is 0 Å². The normalized spacial score (nSPS) is 16.9. The zero-order chi connectivity index (χ0) is 26.1. The smallest absolute Gasteiger partial charge is 0.133 e. The molecule has 1 N–H and O–H groups in total. The van der Waals surface area contributed by atoms with E-state index in [0.29, 0.717) is 0 Å². The van der Waals surface area contributed by atoms with Crippen molar-refractivity contribution in [2.24, 2.45) is 4.99 Å². The summed E-state index contributed by atoms with van der Waals surface area (Å²) in [6.07, 6.45) is 11.4. The second-order valence-corrected chi connectivity index (χ2v) is 9.46. The van der Waals surface area contributed by atoms with Crippen LogP contribution in [-0.4, -0.2) is 24.9 Å². The van der Waals surface area contributed by atoms with Crippen molar-refractivity contribution in [2.75, 3.05) is 11.9 Å². The summed E-state index contributed by atoms with van der Waals surface area (Å²) in [5, 5.41) is 7.73. The lowest BCUT2D eigenvalue weighted by molar-refractivity contribution is 0.366. The lowest BCUT2D eigenvalue weighted by Crippen LogP contribution is -2.34. The maximum atomic E-state index is 7.73. The first kappa shape index (κ1) is 24.3. The zero-order valence-corrected chi connectivity index (χ0v) is 21.9. The fourth-order valence-electron chi connectivity index (χ4n) is 5.68. The molecule has 0 spiro atoms. The first-order valence-electron chi connectivity index (χ1n) is 12.5. The van der Waals surface area contributed by atoms with Gasteiger partial charge in [-0.3, -0.25) is 4.99 Å². The molecule has 1 unspecified atom stereocenters. The number of allylic oxidation sites excluding steroid dienone is 5. The number of fused-ring (bicyclic) bond motifs is 6. The van der Waals surface area contributed by atoms with Gasteiger partial charge in [-0.05, 0) is 79.1 Å². The van der Waals surface area contributed by atoms with Crippen molar-refractivity contribution in [1.82, 2.24) is 4.90 Å². The molecule has 0 fully saturated rings. The van der Waals surface area contributed by atoms with E-state index in [9.17, 15) is 0 Å². The number of nitrogens with zero attached hydrogens (tertiary/aromatic N) is 3. The van der Waals surface area contributed by atoms with Gasteiger partial charge in [0, 0.05) is 42.4 Å². The Labute approximate surface area is 219 Å². The number of benzene rings is 3. The maximum Gasteiger partial charge on any atom is 0.133 e. The van der Waals surface area contributed by atoms with E-state index in [1.807, 2.05) is 19.1 Å². The Morgan fingerprint density at radius 3 is 2.49 bits per heavy atom. The molecule has 184 valence electrons. The molecule has 0 radical (unpaired) electrons. The predicted molar refractivity (Wildman–Crippen MR) is 159 cm³/mol. The molecule has 2 aliphatic heterocycles. The molecule has 0 aromatic heterocycles. The number of nitrogens with one attached hydrogen (secondary N) is 1. The van der Waals surface area contributed by atoms with Gasteiger partial charge >= 0.3 is 0 Å². The number of aryl methyl sites for hydroxylation is 1. The Kier molecular flexibility index (Phi) is 6.49. The summed E-state index contributed by atoms with van der Waals surface area (Å²) in [6, 6.07) is 21.7. The Bertz CT molecular complexity index is 1520. The molecule has 3 aromatic rings. The summed E-state index contributed by atoms with van der Waals surface area (Å²) < 4.78 is 0. The van der Waals surface area contributed by atoms with Crippen molar-refractivity contribution in [3.05, 3.63) is 119 Å². The second-order valence-electron chi connectivity index (χ2n) is 9.46. The zero-order valence-electron chi connectivity index (χ0n) is 21.9. The van der Waals surface area contributed by atoms with Crippen LogP contribution in [0.15, 0.2) is 96.3 Å². The van der Waals surface area contributed by atoms with Gasteiger partial charge in [0.05, 0.1) is 11.4 Å². The Morgan fingerprint density at radius 1 is 1.00 bits per heavy atom. The Hall–Kier alpha value is -4.44. The highest BCUT2D eigenvalue weighted by Gasteiger charge is 2.41. The van der Waals surface area contributed by atoms with Crippen LogP contribution >= 0.6 is 0 Å². The summed E-state index contributed by atoms with van der Waals surface area (Å²) in [5.74, 6) is 0. The highest BCUT2D eigenvalue weighted by molar-refractivity contribution is 6.00. The number of hydrogen-bond donors (Lipinski definition) is 1. The molecule has 1 atom stereocenters. The molecule has 2 heterocycles. The van der Waals surface area contributed by atoms with Gasteiger partial charge < -0.3 is 15.2 Å². The average Bonchev–Trinajstić information content (AvgIpc) is 3.26. The molecule has 5 rings (SSSR count). The molecule has 0 aliphatic carbocycles. The van der Waals surface area contributed by atoms with Crippen LogP contribution in [0, 0.1) is 12.3 Å². The maximum absolute atomic E-state index is 7.73. The topological polar surface area (TPSA) is 42.7 Å². The summed E-state index contributed by atoms with van der Waals surface area (Å²) in [5.41, 5.74) is 13.0. The standard InChI is InChI=1S/C33H32N4/c1-6-24(18-20-35-4)26-14-10-13-25(22(2)17-19-34)32(26)30-21-36(5)33-31-23(3)11-9-15-28(31)27-12-7-8-16-29(27)37(30)33/h6-21,33-34H,4H2,1-3,5H3/b20-18-,22-17+,24-6+,34-19?. The van der Waals surface area contributed by atoms with Gasteiger partial charge in [-0.15, -0.1) is 0 Å². The molecule has 37 heavy (non-hydrogen) atoms. The Morgan fingerprint density at radius 2 is 1.73 bits per heavy atom. The van der Waals surface area contributed by atoms with Gasteiger partial charge in [0.25, 0.3) is 0 Å². The van der Waals surface area contributed by atoms with Crippen LogP contribution in [-0.2, 0) is 0 Å². The molecule has 0 amide bonds. The number of para-hydroxylation sites is 1. The minimum absolute atomic E-state index is 0.0495. The first-order valence-corrected chi connectivity index (χ1v) is 12.5. The lowest BCUT2D eigenvalue weighted by atomic mass is 9.86. The molecular weight excluding hydrogens is 452 g/mol. The van der Waals surface area contributed by atoms with Gasteiger partial charge in [-0.1, -0.05) is 60.7 Å². The highest BCUT2D eigenvalue weighted by atomic mass is 15.4. The summed E-state index contributed by atoms with van der Waals surface area (Å²) in [6.45, 7) is 9.95. The van der Waals surface area contributed by atoms with Gasteiger partial charge in [-0.25, -0.2) is 0 Å². The Balaban J connectivity index is 1.82. The first-order chi connectivity index (χ1) is 18.0. The van der Waals surface area contributed by atoms with Crippen molar-refractivity contribution in [3.8, 4) is 11.1 Å². The fourth-order valence-corrected chi connectivity index (χ4v) is 5.68. The van der Waals surface area contributed by atoms with E-state index >= 15 is 0 Å². The van der Waals surface area contributed by atoms with E-state index < -0.39 is 0 Å². The predicted octanol–water partition coefficient (Wildman–Crippen LogP) is 8.10. The third kappa shape index (κ3) is 3.95. The third-order valence-electron chi connectivity index (χ3n) is 7.31. The van der Waals surface area contributed by atoms with Crippen LogP contribution in [0.4, 0.5) is 5.69 Å². The van der Waals surface area contributed by atoms with Crippen molar-refractivity contribution in [2.45, 2.75) is 26.9 Å².